The molecule has 4 aromatic rings. The first kappa shape index (κ1) is 38.8. The van der Waals surface area contributed by atoms with Crippen molar-refractivity contribution in [3.05, 3.63) is 77.9 Å². The molecule has 0 aliphatic heterocycles. The first-order valence-electron chi connectivity index (χ1n) is 15.0. The normalized spacial score (nSPS) is 12.9. The minimum absolute atomic E-state index is 0.0133. The number of rotatable bonds is 8. The highest BCUT2D eigenvalue weighted by atomic mass is 32.2. The molecule has 15 nitrogen and oxygen atoms in total. The lowest BCUT2D eigenvalue weighted by atomic mass is 9.93. The SMILES string of the molecule is CC(C)(C)c1cc(NC(=O)C(C)(C)S(=O)(=O)c2ccc[n+]([O-])c2)no1.CC(C)(C)c1cc(NC(=O)C(C)(C)S(=O)(=O)c2cccnc2)no1. The minimum atomic E-state index is -4.09. The number of sulfone groups is 2. The van der Waals surface area contributed by atoms with Gasteiger partial charge in [-0.2, -0.15) is 4.73 Å². The lowest BCUT2D eigenvalue weighted by Gasteiger charge is -2.22. The molecule has 0 fully saturated rings. The van der Waals surface area contributed by atoms with Crippen LogP contribution in [0.3, 0.4) is 0 Å². The topological polar surface area (TPSA) is 218 Å². The van der Waals surface area contributed by atoms with Crippen LogP contribution in [-0.4, -0.2) is 53.4 Å². The predicted molar refractivity (Wildman–Crippen MR) is 180 cm³/mol. The summed E-state index contributed by atoms with van der Waals surface area (Å²) >= 11 is 0. The molecule has 4 aromatic heterocycles. The number of aromatic nitrogens is 4. The van der Waals surface area contributed by atoms with E-state index in [1.54, 1.807) is 12.1 Å². The zero-order chi connectivity index (χ0) is 37.2. The molecule has 0 spiro atoms. The smallest absolute Gasteiger partial charge is 0.246 e. The van der Waals surface area contributed by atoms with E-state index in [2.05, 4.69) is 25.9 Å². The van der Waals surface area contributed by atoms with Gasteiger partial charge in [-0.1, -0.05) is 51.9 Å². The Morgan fingerprint density at radius 2 is 1.14 bits per heavy atom. The fourth-order valence-corrected chi connectivity index (χ4v) is 6.57. The highest BCUT2D eigenvalue weighted by Crippen LogP contribution is 2.30. The van der Waals surface area contributed by atoms with E-state index in [0.717, 1.165) is 12.4 Å². The van der Waals surface area contributed by atoms with E-state index in [1.165, 1.54) is 64.4 Å². The lowest BCUT2D eigenvalue weighted by molar-refractivity contribution is -0.607. The van der Waals surface area contributed by atoms with Gasteiger partial charge in [0.2, 0.25) is 11.8 Å². The van der Waals surface area contributed by atoms with Crippen molar-refractivity contribution in [3.63, 3.8) is 0 Å². The summed E-state index contributed by atoms with van der Waals surface area (Å²) in [5.41, 5.74) is -0.573. The molecule has 0 aliphatic carbocycles. The number of nitrogens with one attached hydrogen (secondary N) is 2. The van der Waals surface area contributed by atoms with Crippen molar-refractivity contribution in [1.29, 1.82) is 0 Å². The molecular weight excluding hydrogens is 677 g/mol. The van der Waals surface area contributed by atoms with Gasteiger partial charge >= 0.3 is 0 Å². The van der Waals surface area contributed by atoms with E-state index in [1.807, 2.05) is 41.5 Å². The summed E-state index contributed by atoms with van der Waals surface area (Å²) in [5, 5.41) is 23.8. The summed E-state index contributed by atoms with van der Waals surface area (Å²) in [6.07, 6.45) is 4.77. The summed E-state index contributed by atoms with van der Waals surface area (Å²) in [6, 6.07) is 8.63. The molecule has 4 rings (SSSR count). The highest BCUT2D eigenvalue weighted by Gasteiger charge is 2.45. The number of amides is 2. The standard InChI is InChI=1S/C16H21N3O5S.C16H21N3O4S/c1-15(2,3)12-9-13(18-24-12)17-14(20)16(4,5)25(22,23)11-7-6-8-19(21)10-11;1-15(2,3)12-9-13(19-23-12)18-14(20)16(4,5)24(21,22)11-7-6-8-17-10-11/h6-10H,1-5H3,(H,17,18,20);6-10H,1-5H3,(H,18,19,20). The van der Waals surface area contributed by atoms with Crippen LogP contribution in [0, 0.1) is 5.21 Å². The monoisotopic (exact) mass is 718 g/mol. The van der Waals surface area contributed by atoms with E-state index in [-0.39, 0.29) is 32.3 Å². The van der Waals surface area contributed by atoms with Crippen LogP contribution in [0.25, 0.3) is 0 Å². The molecule has 0 aromatic carbocycles. The summed E-state index contributed by atoms with van der Waals surface area (Å²) < 4.78 is 58.1. The number of carbonyl (C=O) groups is 2. The molecule has 4 heterocycles. The first-order valence-corrected chi connectivity index (χ1v) is 17.9. The van der Waals surface area contributed by atoms with Gasteiger partial charge in [0.15, 0.2) is 43.7 Å². The van der Waals surface area contributed by atoms with Crippen LogP contribution >= 0.6 is 0 Å². The second-order valence-corrected chi connectivity index (χ2v) is 19.2. The molecule has 0 bridgehead atoms. The number of hydrogen-bond donors (Lipinski definition) is 2. The quantitative estimate of drug-likeness (QED) is 0.192. The molecule has 0 aliphatic rings. The van der Waals surface area contributed by atoms with Crippen LogP contribution in [0.1, 0.15) is 80.8 Å². The minimum Gasteiger partial charge on any atom is -0.619 e. The number of hydrogen-bond acceptors (Lipinski definition) is 12. The van der Waals surface area contributed by atoms with Crippen molar-refractivity contribution in [1.82, 2.24) is 15.3 Å². The maximum atomic E-state index is 12.7. The Morgan fingerprint density at radius 3 is 1.51 bits per heavy atom. The molecule has 0 radical (unpaired) electrons. The van der Waals surface area contributed by atoms with Crippen LogP contribution in [0.5, 0.6) is 0 Å². The molecule has 2 amide bonds. The van der Waals surface area contributed by atoms with Crippen LogP contribution in [0.15, 0.2) is 80.0 Å². The number of carbonyl (C=O) groups excluding carboxylic acids is 2. The molecule has 0 unspecified atom stereocenters. The van der Waals surface area contributed by atoms with Crippen LogP contribution in [0.2, 0.25) is 0 Å². The molecular formula is C32H42N6O9S2. The molecule has 2 N–H and O–H groups in total. The van der Waals surface area contributed by atoms with E-state index >= 15 is 0 Å². The maximum Gasteiger partial charge on any atom is 0.246 e. The van der Waals surface area contributed by atoms with Gasteiger partial charge in [0, 0.05) is 41.4 Å². The second-order valence-electron chi connectivity index (χ2n) is 14.2. The van der Waals surface area contributed by atoms with Crippen molar-refractivity contribution in [2.45, 2.75) is 99.4 Å². The van der Waals surface area contributed by atoms with E-state index in [9.17, 15) is 31.6 Å². The van der Waals surface area contributed by atoms with Gasteiger partial charge in [-0.3, -0.25) is 14.6 Å². The fourth-order valence-electron chi connectivity index (χ4n) is 3.84. The Balaban J connectivity index is 0.000000266. The van der Waals surface area contributed by atoms with Crippen LogP contribution in [-0.2, 0) is 40.1 Å². The second kappa shape index (κ2) is 13.7. The predicted octanol–water partition coefficient (Wildman–Crippen LogP) is 4.35. The van der Waals surface area contributed by atoms with Gasteiger partial charge < -0.3 is 24.9 Å². The van der Waals surface area contributed by atoms with Gasteiger partial charge in [-0.25, -0.2) is 16.8 Å². The third-order valence-corrected chi connectivity index (χ3v) is 12.2. The number of anilines is 2. The summed E-state index contributed by atoms with van der Waals surface area (Å²) in [5.74, 6) is -0.0168. The Labute approximate surface area is 285 Å². The van der Waals surface area contributed by atoms with Crippen molar-refractivity contribution in [3.8, 4) is 0 Å². The van der Waals surface area contributed by atoms with Crippen LogP contribution in [0.4, 0.5) is 11.6 Å². The third-order valence-electron chi connectivity index (χ3n) is 7.42. The van der Waals surface area contributed by atoms with Gasteiger partial charge in [0.05, 0.1) is 4.90 Å². The van der Waals surface area contributed by atoms with Crippen molar-refractivity contribution < 1.29 is 40.2 Å². The van der Waals surface area contributed by atoms with Gasteiger partial charge in [0.1, 0.15) is 25.9 Å². The summed E-state index contributed by atoms with van der Waals surface area (Å²) in [4.78, 5) is 28.6. The maximum absolute atomic E-state index is 12.7. The highest BCUT2D eigenvalue weighted by molar-refractivity contribution is 7.94. The van der Waals surface area contributed by atoms with Gasteiger partial charge in [-0.15, -0.1) is 0 Å². The molecule has 0 atom stereocenters. The average molecular weight is 719 g/mol. The average Bonchev–Trinajstić information content (AvgIpc) is 3.68. The molecule has 49 heavy (non-hydrogen) atoms. The van der Waals surface area contributed by atoms with E-state index in [4.69, 9.17) is 9.05 Å². The van der Waals surface area contributed by atoms with Crippen LogP contribution < -0.4 is 15.4 Å². The van der Waals surface area contributed by atoms with E-state index < -0.39 is 41.0 Å². The Kier molecular flexibility index (Phi) is 10.8. The Bertz CT molecular complexity index is 2020. The molecule has 17 heteroatoms. The Morgan fingerprint density at radius 1 is 0.714 bits per heavy atom. The molecule has 0 saturated heterocycles. The Hall–Kier alpha value is -4.64. The molecule has 266 valence electrons. The zero-order valence-corrected chi connectivity index (χ0v) is 30.7. The summed E-state index contributed by atoms with van der Waals surface area (Å²) in [6.45, 7) is 16.8. The zero-order valence-electron chi connectivity index (χ0n) is 29.1. The first-order chi connectivity index (χ1) is 22.3. The third kappa shape index (κ3) is 8.51. The number of pyridine rings is 2. The van der Waals surface area contributed by atoms with E-state index in [0.29, 0.717) is 16.3 Å². The largest absolute Gasteiger partial charge is 0.619 e. The van der Waals surface area contributed by atoms with Crippen molar-refractivity contribution >= 4 is 43.1 Å². The summed E-state index contributed by atoms with van der Waals surface area (Å²) in [7, 11) is -8.01. The molecule has 0 saturated carbocycles. The van der Waals surface area contributed by atoms with Crippen molar-refractivity contribution in [2.75, 3.05) is 10.6 Å². The van der Waals surface area contributed by atoms with Gasteiger partial charge in [-0.05, 0) is 45.9 Å². The van der Waals surface area contributed by atoms with Gasteiger partial charge in [0.25, 0.3) is 0 Å². The number of nitrogens with zero attached hydrogens (tertiary/aromatic N) is 4. The fraction of sp³-hybridized carbons (Fsp3) is 0.438. The van der Waals surface area contributed by atoms with Crippen molar-refractivity contribution in [2.24, 2.45) is 0 Å². The lowest BCUT2D eigenvalue weighted by Crippen LogP contribution is -2.45.